The number of hydrogen-bond donors (Lipinski definition) is 1. The van der Waals surface area contributed by atoms with Gasteiger partial charge in [-0.3, -0.25) is 4.79 Å². The lowest BCUT2D eigenvalue weighted by Crippen LogP contribution is -2.50. The Morgan fingerprint density at radius 3 is 2.73 bits per heavy atom. The number of carboxylic acids is 1. The molecule has 1 unspecified atom stereocenters. The number of thioether (sulfide) groups is 1. The van der Waals surface area contributed by atoms with Crippen molar-refractivity contribution in [2.75, 3.05) is 5.75 Å². The van der Waals surface area contributed by atoms with Gasteiger partial charge in [-0.2, -0.15) is 0 Å². The Kier molecular flexibility index (Phi) is 5.83. The molecule has 1 amide bonds. The van der Waals surface area contributed by atoms with Crippen LogP contribution in [-0.4, -0.2) is 48.4 Å². The molecule has 0 bridgehead atoms. The second-order valence-electron chi connectivity index (χ2n) is 6.06. The van der Waals surface area contributed by atoms with Gasteiger partial charge in [0.1, 0.15) is 11.9 Å². The first kappa shape index (κ1) is 18.7. The van der Waals surface area contributed by atoms with E-state index in [0.29, 0.717) is 29.5 Å². The van der Waals surface area contributed by atoms with Crippen LogP contribution in [0.15, 0.2) is 29.2 Å². The molecule has 1 aliphatic heterocycles. The number of halogens is 1. The fourth-order valence-electron chi connectivity index (χ4n) is 2.87. The minimum atomic E-state index is -1.01. The molecule has 0 saturated heterocycles. The van der Waals surface area contributed by atoms with Gasteiger partial charge < -0.3 is 14.6 Å². The summed E-state index contributed by atoms with van der Waals surface area (Å²) in [5, 5.41) is 18.2. The smallest absolute Gasteiger partial charge is 0.328 e. The molecule has 0 fully saturated rings. The van der Waals surface area contributed by atoms with Crippen LogP contribution in [0.1, 0.15) is 24.5 Å². The number of amides is 1. The maximum absolute atomic E-state index is 12.6. The standard InChI is InChI=1S/C17H19ClN4O3S/c1-11-19-20-15-10-22(14(17(24)25)9-21(11)15)16(23)3-2-8-26-13-6-4-12(18)5-7-13/h4-7,14H,2-3,8-10H2,1H3,(H,24,25). The predicted molar refractivity (Wildman–Crippen MR) is 98.1 cm³/mol. The van der Waals surface area contributed by atoms with E-state index in [9.17, 15) is 14.7 Å². The maximum Gasteiger partial charge on any atom is 0.328 e. The zero-order chi connectivity index (χ0) is 18.7. The number of carbonyl (C=O) groups is 2. The molecule has 0 saturated carbocycles. The molecule has 2 heterocycles. The van der Waals surface area contributed by atoms with E-state index in [1.165, 1.54) is 4.90 Å². The summed E-state index contributed by atoms with van der Waals surface area (Å²) in [5.74, 6) is 0.893. The Labute approximate surface area is 160 Å². The summed E-state index contributed by atoms with van der Waals surface area (Å²) in [7, 11) is 0. The fourth-order valence-corrected chi connectivity index (χ4v) is 3.85. The highest BCUT2D eigenvalue weighted by molar-refractivity contribution is 7.99. The first-order chi connectivity index (χ1) is 12.5. The fraction of sp³-hybridized carbons (Fsp3) is 0.412. The number of carboxylic acid groups (broad SMARTS) is 1. The highest BCUT2D eigenvalue weighted by Crippen LogP contribution is 2.23. The molecule has 26 heavy (non-hydrogen) atoms. The Bertz CT molecular complexity index is 809. The van der Waals surface area contributed by atoms with Gasteiger partial charge in [0.2, 0.25) is 5.91 Å². The van der Waals surface area contributed by atoms with Crippen molar-refractivity contribution < 1.29 is 14.7 Å². The Morgan fingerprint density at radius 1 is 1.31 bits per heavy atom. The zero-order valence-electron chi connectivity index (χ0n) is 14.3. The van der Waals surface area contributed by atoms with Gasteiger partial charge >= 0.3 is 5.97 Å². The van der Waals surface area contributed by atoms with Gasteiger partial charge in [-0.25, -0.2) is 4.79 Å². The van der Waals surface area contributed by atoms with Gasteiger partial charge in [-0.1, -0.05) is 11.6 Å². The quantitative estimate of drug-likeness (QED) is 0.598. The van der Waals surface area contributed by atoms with Gasteiger partial charge in [-0.15, -0.1) is 22.0 Å². The van der Waals surface area contributed by atoms with E-state index in [0.717, 1.165) is 10.6 Å². The van der Waals surface area contributed by atoms with Crippen molar-refractivity contribution in [3.8, 4) is 0 Å². The van der Waals surface area contributed by atoms with E-state index >= 15 is 0 Å². The largest absolute Gasteiger partial charge is 0.480 e. The minimum Gasteiger partial charge on any atom is -0.480 e. The Morgan fingerprint density at radius 2 is 2.04 bits per heavy atom. The summed E-state index contributed by atoms with van der Waals surface area (Å²) >= 11 is 7.50. The molecule has 1 aliphatic rings. The number of aryl methyl sites for hydroxylation is 1. The molecule has 9 heteroatoms. The van der Waals surface area contributed by atoms with Gasteiger partial charge in [0, 0.05) is 16.3 Å². The van der Waals surface area contributed by atoms with Crippen LogP contribution >= 0.6 is 23.4 Å². The first-order valence-electron chi connectivity index (χ1n) is 8.25. The van der Waals surface area contributed by atoms with Crippen LogP contribution in [0.5, 0.6) is 0 Å². The molecule has 3 rings (SSSR count). The number of fused-ring (bicyclic) bond motifs is 1. The second kappa shape index (κ2) is 8.09. The van der Waals surface area contributed by atoms with Gasteiger partial charge in [0.05, 0.1) is 13.1 Å². The Hall–Kier alpha value is -2.06. The lowest BCUT2D eigenvalue weighted by Gasteiger charge is -2.33. The van der Waals surface area contributed by atoms with Crippen LogP contribution in [0.4, 0.5) is 0 Å². The minimum absolute atomic E-state index is 0.166. The number of benzene rings is 1. The average molecular weight is 395 g/mol. The summed E-state index contributed by atoms with van der Waals surface area (Å²) < 4.78 is 1.76. The van der Waals surface area contributed by atoms with Gasteiger partial charge in [0.15, 0.2) is 5.82 Å². The summed E-state index contributed by atoms with van der Waals surface area (Å²) in [4.78, 5) is 26.6. The van der Waals surface area contributed by atoms with E-state index in [2.05, 4.69) is 10.2 Å². The molecule has 0 spiro atoms. The Balaban J connectivity index is 1.56. The van der Waals surface area contributed by atoms with E-state index < -0.39 is 12.0 Å². The first-order valence-corrected chi connectivity index (χ1v) is 9.61. The monoisotopic (exact) mass is 394 g/mol. The number of rotatable bonds is 6. The molecule has 138 valence electrons. The number of nitrogens with zero attached hydrogens (tertiary/aromatic N) is 4. The molecule has 2 aromatic rings. The van der Waals surface area contributed by atoms with Crippen molar-refractivity contribution in [1.29, 1.82) is 0 Å². The molecule has 0 aliphatic carbocycles. The normalized spacial score (nSPS) is 16.4. The van der Waals surface area contributed by atoms with Crippen molar-refractivity contribution in [1.82, 2.24) is 19.7 Å². The summed E-state index contributed by atoms with van der Waals surface area (Å²) in [6.07, 6.45) is 0.970. The summed E-state index contributed by atoms with van der Waals surface area (Å²) in [5.41, 5.74) is 0. The van der Waals surface area contributed by atoms with Crippen molar-refractivity contribution >= 4 is 35.2 Å². The predicted octanol–water partition coefficient (Wildman–Crippen LogP) is 2.61. The van der Waals surface area contributed by atoms with E-state index in [-0.39, 0.29) is 19.0 Å². The third-order valence-electron chi connectivity index (χ3n) is 4.28. The molecule has 1 aromatic heterocycles. The second-order valence-corrected chi connectivity index (χ2v) is 7.66. The van der Waals surface area contributed by atoms with Gasteiger partial charge in [0.25, 0.3) is 0 Å². The van der Waals surface area contributed by atoms with Crippen molar-refractivity contribution in [3.05, 3.63) is 40.9 Å². The van der Waals surface area contributed by atoms with Crippen LogP contribution in [-0.2, 0) is 22.7 Å². The van der Waals surface area contributed by atoms with Crippen molar-refractivity contribution in [3.63, 3.8) is 0 Å². The number of aliphatic carboxylic acids is 1. The van der Waals surface area contributed by atoms with Crippen LogP contribution in [0.3, 0.4) is 0 Å². The zero-order valence-corrected chi connectivity index (χ0v) is 15.8. The third-order valence-corrected chi connectivity index (χ3v) is 5.63. The van der Waals surface area contributed by atoms with E-state index in [1.54, 1.807) is 23.3 Å². The molecular weight excluding hydrogens is 376 g/mol. The molecule has 1 atom stereocenters. The van der Waals surface area contributed by atoms with Crippen molar-refractivity contribution in [2.24, 2.45) is 0 Å². The maximum atomic E-state index is 12.6. The van der Waals surface area contributed by atoms with Crippen LogP contribution in [0.2, 0.25) is 5.02 Å². The molecule has 1 aromatic carbocycles. The number of hydrogen-bond acceptors (Lipinski definition) is 5. The topological polar surface area (TPSA) is 88.3 Å². The van der Waals surface area contributed by atoms with E-state index in [4.69, 9.17) is 11.6 Å². The SMILES string of the molecule is Cc1nnc2n1CC(C(=O)O)N(C(=O)CCCSc1ccc(Cl)cc1)C2. The lowest BCUT2D eigenvalue weighted by molar-refractivity contribution is -0.152. The lowest BCUT2D eigenvalue weighted by atomic mass is 10.1. The van der Waals surface area contributed by atoms with Crippen LogP contribution < -0.4 is 0 Å². The molecule has 7 nitrogen and oxygen atoms in total. The molecule has 1 N–H and O–H groups in total. The molecule has 0 radical (unpaired) electrons. The number of aromatic nitrogens is 3. The average Bonchev–Trinajstić information content (AvgIpc) is 2.99. The van der Waals surface area contributed by atoms with Crippen LogP contribution in [0.25, 0.3) is 0 Å². The summed E-state index contributed by atoms with van der Waals surface area (Å²) in [6, 6.07) is 6.66. The van der Waals surface area contributed by atoms with Crippen molar-refractivity contribution in [2.45, 2.75) is 43.8 Å². The highest BCUT2D eigenvalue weighted by Gasteiger charge is 2.35. The van der Waals surface area contributed by atoms with E-state index in [1.807, 2.05) is 24.3 Å². The third kappa shape index (κ3) is 4.19. The summed E-state index contributed by atoms with van der Waals surface area (Å²) in [6.45, 7) is 2.15. The van der Waals surface area contributed by atoms with Crippen LogP contribution in [0, 0.1) is 6.92 Å². The highest BCUT2D eigenvalue weighted by atomic mass is 35.5. The number of carbonyl (C=O) groups excluding carboxylic acids is 1. The van der Waals surface area contributed by atoms with Gasteiger partial charge in [-0.05, 0) is 43.4 Å². The molecular formula is C17H19ClN4O3S.